The molecule has 1 aromatic rings. The third kappa shape index (κ3) is 4.03. The molecule has 1 N–H and O–H groups in total. The van der Waals surface area contributed by atoms with Gasteiger partial charge in [-0.15, -0.1) is 0 Å². The van der Waals surface area contributed by atoms with Crippen molar-refractivity contribution in [3.8, 4) is 0 Å². The normalized spacial score (nSPS) is 19.4. The molecule has 1 unspecified atom stereocenters. The molecule has 1 atom stereocenters. The number of likely N-dealkylation sites (tertiary alicyclic amines) is 1. The molecule has 0 radical (unpaired) electrons. The summed E-state index contributed by atoms with van der Waals surface area (Å²) in [4.78, 5) is 29.0. The van der Waals surface area contributed by atoms with Crippen molar-refractivity contribution in [3.63, 3.8) is 0 Å². The lowest BCUT2D eigenvalue weighted by Gasteiger charge is -2.20. The van der Waals surface area contributed by atoms with Crippen LogP contribution in [0, 0.1) is 5.92 Å². The SMILES string of the molecule is O=C(O)CC1CCCN(C(=O)c2ccc(Br)cn2)CC1. The monoisotopic (exact) mass is 340 g/mol. The lowest BCUT2D eigenvalue weighted by atomic mass is 9.97. The number of hydrogen-bond donors (Lipinski definition) is 1. The average Bonchev–Trinajstić information content (AvgIpc) is 2.64. The van der Waals surface area contributed by atoms with Gasteiger partial charge in [0.1, 0.15) is 5.69 Å². The van der Waals surface area contributed by atoms with E-state index in [1.807, 2.05) is 0 Å². The van der Waals surface area contributed by atoms with Gasteiger partial charge in [0.15, 0.2) is 0 Å². The van der Waals surface area contributed by atoms with E-state index in [-0.39, 0.29) is 18.2 Å². The number of rotatable bonds is 3. The highest BCUT2D eigenvalue weighted by molar-refractivity contribution is 9.10. The summed E-state index contributed by atoms with van der Waals surface area (Å²) >= 11 is 3.29. The number of nitrogens with zero attached hydrogens (tertiary/aromatic N) is 2. The van der Waals surface area contributed by atoms with Crippen LogP contribution in [0.1, 0.15) is 36.2 Å². The van der Waals surface area contributed by atoms with Crippen LogP contribution in [0.4, 0.5) is 0 Å². The van der Waals surface area contributed by atoms with E-state index in [0.29, 0.717) is 18.8 Å². The van der Waals surface area contributed by atoms with E-state index in [9.17, 15) is 9.59 Å². The number of hydrogen-bond acceptors (Lipinski definition) is 3. The molecular weight excluding hydrogens is 324 g/mol. The number of halogens is 1. The van der Waals surface area contributed by atoms with Crippen LogP contribution in [0.3, 0.4) is 0 Å². The van der Waals surface area contributed by atoms with Crippen LogP contribution in [-0.2, 0) is 4.79 Å². The molecule has 108 valence electrons. The van der Waals surface area contributed by atoms with Crippen molar-refractivity contribution in [3.05, 3.63) is 28.5 Å². The number of aliphatic carboxylic acids is 1. The summed E-state index contributed by atoms with van der Waals surface area (Å²) in [5, 5.41) is 8.84. The number of amides is 1. The van der Waals surface area contributed by atoms with Crippen molar-refractivity contribution < 1.29 is 14.7 Å². The zero-order valence-corrected chi connectivity index (χ0v) is 12.7. The molecule has 5 nitrogen and oxygen atoms in total. The average molecular weight is 341 g/mol. The fourth-order valence-electron chi connectivity index (χ4n) is 2.48. The Labute approximate surface area is 126 Å². The molecule has 2 rings (SSSR count). The maximum Gasteiger partial charge on any atom is 0.303 e. The molecule has 2 heterocycles. The van der Waals surface area contributed by atoms with Crippen molar-refractivity contribution in [2.24, 2.45) is 5.92 Å². The van der Waals surface area contributed by atoms with E-state index in [0.717, 1.165) is 23.7 Å². The quantitative estimate of drug-likeness (QED) is 0.917. The fourth-order valence-corrected chi connectivity index (χ4v) is 2.72. The molecule has 1 aliphatic rings. The van der Waals surface area contributed by atoms with Gasteiger partial charge in [-0.25, -0.2) is 4.98 Å². The van der Waals surface area contributed by atoms with Crippen molar-refractivity contribution in [1.29, 1.82) is 0 Å². The van der Waals surface area contributed by atoms with Gasteiger partial charge in [-0.3, -0.25) is 9.59 Å². The molecule has 1 aromatic heterocycles. The van der Waals surface area contributed by atoms with Gasteiger partial charge in [-0.05, 0) is 53.2 Å². The molecule has 0 saturated carbocycles. The van der Waals surface area contributed by atoms with Gasteiger partial charge in [0.25, 0.3) is 5.91 Å². The van der Waals surface area contributed by atoms with Crippen molar-refractivity contribution in [2.75, 3.05) is 13.1 Å². The summed E-state index contributed by atoms with van der Waals surface area (Å²) in [6, 6.07) is 3.50. The van der Waals surface area contributed by atoms with E-state index in [1.165, 1.54) is 0 Å². The van der Waals surface area contributed by atoms with Gasteiger partial charge < -0.3 is 10.0 Å². The summed E-state index contributed by atoms with van der Waals surface area (Å²) in [6.07, 6.45) is 4.26. The number of carbonyl (C=O) groups excluding carboxylic acids is 1. The largest absolute Gasteiger partial charge is 0.481 e. The second kappa shape index (κ2) is 6.83. The predicted molar refractivity (Wildman–Crippen MR) is 77.4 cm³/mol. The molecule has 6 heteroatoms. The van der Waals surface area contributed by atoms with E-state index in [4.69, 9.17) is 5.11 Å². The third-order valence-electron chi connectivity index (χ3n) is 3.54. The van der Waals surface area contributed by atoms with Gasteiger partial charge in [-0.2, -0.15) is 0 Å². The number of carbonyl (C=O) groups is 2. The van der Waals surface area contributed by atoms with E-state index >= 15 is 0 Å². The van der Waals surface area contributed by atoms with E-state index < -0.39 is 5.97 Å². The van der Waals surface area contributed by atoms with Crippen LogP contribution in [0.2, 0.25) is 0 Å². The third-order valence-corrected chi connectivity index (χ3v) is 4.01. The molecule has 1 fully saturated rings. The second-order valence-electron chi connectivity index (χ2n) is 5.05. The Morgan fingerprint density at radius 2 is 2.15 bits per heavy atom. The first-order valence-electron chi connectivity index (χ1n) is 6.69. The molecule has 0 aromatic carbocycles. The minimum absolute atomic E-state index is 0.0755. The van der Waals surface area contributed by atoms with Crippen LogP contribution >= 0.6 is 15.9 Å². The van der Waals surface area contributed by atoms with Crippen LogP contribution in [0.5, 0.6) is 0 Å². The van der Waals surface area contributed by atoms with Gasteiger partial charge in [0.2, 0.25) is 0 Å². The summed E-state index contributed by atoms with van der Waals surface area (Å²) in [5.74, 6) is -0.666. The van der Waals surface area contributed by atoms with E-state index in [1.54, 1.807) is 23.2 Å². The van der Waals surface area contributed by atoms with E-state index in [2.05, 4.69) is 20.9 Å². The summed E-state index contributed by atoms with van der Waals surface area (Å²) in [7, 11) is 0. The Balaban J connectivity index is 1.97. The summed E-state index contributed by atoms with van der Waals surface area (Å²) in [6.45, 7) is 1.28. The lowest BCUT2D eigenvalue weighted by molar-refractivity contribution is -0.138. The Kier molecular flexibility index (Phi) is 5.11. The first kappa shape index (κ1) is 15.0. The van der Waals surface area contributed by atoms with Crippen LogP contribution in [0.15, 0.2) is 22.8 Å². The van der Waals surface area contributed by atoms with Crippen molar-refractivity contribution in [1.82, 2.24) is 9.88 Å². The molecule has 0 spiro atoms. The Hall–Kier alpha value is -1.43. The van der Waals surface area contributed by atoms with Crippen LogP contribution < -0.4 is 0 Å². The predicted octanol–water partition coefficient (Wildman–Crippen LogP) is 2.56. The molecular formula is C14H17BrN2O3. The zero-order valence-electron chi connectivity index (χ0n) is 11.1. The highest BCUT2D eigenvalue weighted by atomic mass is 79.9. The Morgan fingerprint density at radius 3 is 2.80 bits per heavy atom. The smallest absolute Gasteiger partial charge is 0.303 e. The maximum atomic E-state index is 12.3. The number of pyridine rings is 1. The first-order chi connectivity index (χ1) is 9.56. The lowest BCUT2D eigenvalue weighted by Crippen LogP contribution is -2.32. The summed E-state index contributed by atoms with van der Waals surface area (Å²) in [5.41, 5.74) is 0.435. The highest BCUT2D eigenvalue weighted by Gasteiger charge is 2.23. The maximum absolute atomic E-state index is 12.3. The Bertz CT molecular complexity index is 490. The fraction of sp³-hybridized carbons (Fsp3) is 0.500. The van der Waals surface area contributed by atoms with Gasteiger partial charge >= 0.3 is 5.97 Å². The molecule has 1 amide bonds. The van der Waals surface area contributed by atoms with Crippen molar-refractivity contribution >= 4 is 27.8 Å². The first-order valence-corrected chi connectivity index (χ1v) is 7.48. The standard InChI is InChI=1S/C14H17BrN2O3/c15-11-3-4-12(16-9-11)14(20)17-6-1-2-10(5-7-17)8-13(18)19/h3-4,9-10H,1-2,5-8H2,(H,18,19). The van der Waals surface area contributed by atoms with Crippen LogP contribution in [-0.4, -0.2) is 40.0 Å². The second-order valence-corrected chi connectivity index (χ2v) is 5.96. The Morgan fingerprint density at radius 1 is 1.35 bits per heavy atom. The molecule has 0 aliphatic carbocycles. The minimum atomic E-state index is -0.760. The van der Waals surface area contributed by atoms with Gasteiger partial charge in [0, 0.05) is 30.2 Å². The number of carboxylic acids is 1. The molecule has 1 saturated heterocycles. The van der Waals surface area contributed by atoms with Gasteiger partial charge in [-0.1, -0.05) is 0 Å². The summed E-state index contributed by atoms with van der Waals surface area (Å²) < 4.78 is 0.839. The zero-order chi connectivity index (χ0) is 14.5. The van der Waals surface area contributed by atoms with Crippen LogP contribution in [0.25, 0.3) is 0 Å². The highest BCUT2D eigenvalue weighted by Crippen LogP contribution is 2.21. The minimum Gasteiger partial charge on any atom is -0.481 e. The molecule has 20 heavy (non-hydrogen) atoms. The van der Waals surface area contributed by atoms with Crippen molar-refractivity contribution in [2.45, 2.75) is 25.7 Å². The van der Waals surface area contributed by atoms with Gasteiger partial charge in [0.05, 0.1) is 0 Å². The molecule has 0 bridgehead atoms. The topological polar surface area (TPSA) is 70.5 Å². The number of aromatic nitrogens is 1. The molecule has 1 aliphatic heterocycles. The number of carboxylic acid groups (broad SMARTS) is 1.